The van der Waals surface area contributed by atoms with Crippen LogP contribution in [0.2, 0.25) is 0 Å². The van der Waals surface area contributed by atoms with Crippen LogP contribution >= 0.6 is 11.8 Å². The van der Waals surface area contributed by atoms with E-state index < -0.39 is 0 Å². The van der Waals surface area contributed by atoms with Crippen LogP contribution in [0.1, 0.15) is 41.7 Å². The molecule has 0 atom stereocenters. The number of carbonyl (C=O) groups is 1. The number of thioether (sulfide) groups is 1. The van der Waals surface area contributed by atoms with Gasteiger partial charge in [-0.1, -0.05) is 18.9 Å². The molecule has 0 aliphatic carbocycles. The Labute approximate surface area is 175 Å². The molecule has 0 spiro atoms. The number of aryl methyl sites for hydroxylation is 1. The molecule has 5 nitrogen and oxygen atoms in total. The molecule has 0 saturated carbocycles. The number of rotatable bonds is 4. The first-order valence-corrected chi connectivity index (χ1v) is 11.3. The summed E-state index contributed by atoms with van der Waals surface area (Å²) in [6.07, 6.45) is 8.24. The molecule has 1 aliphatic rings. The lowest BCUT2D eigenvalue weighted by molar-refractivity contribution is 0.0762. The van der Waals surface area contributed by atoms with E-state index in [4.69, 9.17) is 0 Å². The van der Waals surface area contributed by atoms with Gasteiger partial charge in [0.25, 0.3) is 5.91 Å². The quantitative estimate of drug-likeness (QED) is 0.586. The molecule has 0 bridgehead atoms. The second-order valence-electron chi connectivity index (χ2n) is 7.43. The van der Waals surface area contributed by atoms with Crippen LogP contribution in [0.25, 0.3) is 11.0 Å². The smallest absolute Gasteiger partial charge is 0.257 e. The van der Waals surface area contributed by atoms with Gasteiger partial charge in [0.2, 0.25) is 0 Å². The van der Waals surface area contributed by atoms with E-state index >= 15 is 0 Å². The summed E-state index contributed by atoms with van der Waals surface area (Å²) in [6.45, 7) is 3.57. The van der Waals surface area contributed by atoms with E-state index in [-0.39, 0.29) is 5.91 Å². The van der Waals surface area contributed by atoms with Crippen molar-refractivity contribution in [3.8, 4) is 0 Å². The molecule has 3 aromatic rings. The maximum atomic E-state index is 13.4. The number of fused-ring (bicyclic) bond motifs is 1. The summed E-state index contributed by atoms with van der Waals surface area (Å²) in [5, 5.41) is 4.37. The molecule has 1 amide bonds. The van der Waals surface area contributed by atoms with Crippen molar-refractivity contribution < 1.29 is 4.79 Å². The molecule has 2 aromatic heterocycles. The van der Waals surface area contributed by atoms with Gasteiger partial charge < -0.3 is 10.2 Å². The Morgan fingerprint density at radius 1 is 1.10 bits per heavy atom. The van der Waals surface area contributed by atoms with Gasteiger partial charge in [0.15, 0.2) is 5.65 Å². The number of carbonyl (C=O) groups excluding carboxylic acids is 1. The summed E-state index contributed by atoms with van der Waals surface area (Å²) in [4.78, 5) is 25.6. The number of aromatic nitrogens is 2. The van der Waals surface area contributed by atoms with Crippen LogP contribution in [0.15, 0.2) is 47.5 Å². The zero-order chi connectivity index (χ0) is 20.2. The predicted octanol–water partition coefficient (Wildman–Crippen LogP) is 5.42. The Morgan fingerprint density at radius 3 is 2.66 bits per heavy atom. The van der Waals surface area contributed by atoms with Gasteiger partial charge in [0.1, 0.15) is 0 Å². The standard InChI is InChI=1S/C23H26N4OS/c1-16-10-11-19-21(26-17-8-7-9-18(14-17)29-2)20(15-24-22(19)25-16)23(28)27-12-5-3-4-6-13-27/h7-11,14-15H,3-6,12-13H2,1-2H3,(H,24,25,26). The van der Waals surface area contributed by atoms with E-state index in [1.807, 2.05) is 36.1 Å². The molecule has 1 N–H and O–H groups in total. The van der Waals surface area contributed by atoms with Crippen molar-refractivity contribution in [2.45, 2.75) is 37.5 Å². The lowest BCUT2D eigenvalue weighted by atomic mass is 10.1. The number of anilines is 2. The Morgan fingerprint density at radius 2 is 1.90 bits per heavy atom. The molecule has 1 fully saturated rings. The molecule has 29 heavy (non-hydrogen) atoms. The van der Waals surface area contributed by atoms with Gasteiger partial charge in [0, 0.05) is 40.9 Å². The van der Waals surface area contributed by atoms with Gasteiger partial charge in [-0.05, 0) is 56.4 Å². The first-order valence-electron chi connectivity index (χ1n) is 10.1. The number of benzene rings is 1. The molecule has 1 aliphatic heterocycles. The van der Waals surface area contributed by atoms with Crippen LogP contribution < -0.4 is 5.32 Å². The summed E-state index contributed by atoms with van der Waals surface area (Å²) < 4.78 is 0. The Hall–Kier alpha value is -2.60. The van der Waals surface area contributed by atoms with Gasteiger partial charge in [-0.25, -0.2) is 9.97 Å². The first-order chi connectivity index (χ1) is 14.2. The van der Waals surface area contributed by atoms with Crippen LogP contribution in [-0.4, -0.2) is 40.1 Å². The third-order valence-corrected chi connectivity index (χ3v) is 6.06. The number of nitrogens with one attached hydrogen (secondary N) is 1. The molecular formula is C23H26N4OS. The minimum Gasteiger partial charge on any atom is -0.354 e. The SMILES string of the molecule is CSc1cccc(Nc2c(C(=O)N3CCCCCC3)cnc3nc(C)ccc23)c1. The molecule has 0 unspecified atom stereocenters. The molecule has 1 saturated heterocycles. The van der Waals surface area contributed by atoms with Gasteiger partial charge >= 0.3 is 0 Å². The predicted molar refractivity (Wildman–Crippen MR) is 120 cm³/mol. The first kappa shape index (κ1) is 19.7. The van der Waals surface area contributed by atoms with Crippen molar-refractivity contribution in [1.82, 2.24) is 14.9 Å². The van der Waals surface area contributed by atoms with Crippen LogP contribution in [0.5, 0.6) is 0 Å². The van der Waals surface area contributed by atoms with Crippen molar-refractivity contribution in [3.05, 3.63) is 53.9 Å². The summed E-state index contributed by atoms with van der Waals surface area (Å²) in [7, 11) is 0. The fourth-order valence-corrected chi connectivity index (χ4v) is 4.22. The van der Waals surface area contributed by atoms with Crippen LogP contribution in [0.3, 0.4) is 0 Å². The third kappa shape index (κ3) is 4.37. The maximum Gasteiger partial charge on any atom is 0.257 e. The highest BCUT2D eigenvalue weighted by atomic mass is 32.2. The van der Waals surface area contributed by atoms with Crippen molar-refractivity contribution in [1.29, 1.82) is 0 Å². The maximum absolute atomic E-state index is 13.4. The Balaban J connectivity index is 1.79. The van der Waals surface area contributed by atoms with Crippen molar-refractivity contribution in [3.63, 3.8) is 0 Å². The molecule has 6 heteroatoms. The van der Waals surface area contributed by atoms with Gasteiger partial charge in [-0.15, -0.1) is 11.8 Å². The van der Waals surface area contributed by atoms with Crippen LogP contribution in [0, 0.1) is 6.92 Å². The largest absolute Gasteiger partial charge is 0.354 e. The molecular weight excluding hydrogens is 380 g/mol. The number of amides is 1. The minimum atomic E-state index is 0.0467. The van der Waals surface area contributed by atoms with E-state index in [1.54, 1.807) is 18.0 Å². The Kier molecular flexibility index (Phi) is 6.00. The number of pyridine rings is 2. The normalized spacial score (nSPS) is 14.6. The second kappa shape index (κ2) is 8.82. The van der Waals surface area contributed by atoms with E-state index in [2.05, 4.69) is 33.7 Å². The average molecular weight is 407 g/mol. The van der Waals surface area contributed by atoms with Gasteiger partial charge in [0.05, 0.1) is 11.3 Å². The van der Waals surface area contributed by atoms with Crippen LogP contribution in [-0.2, 0) is 0 Å². The number of nitrogens with zero attached hydrogens (tertiary/aromatic N) is 3. The second-order valence-corrected chi connectivity index (χ2v) is 8.31. The number of hydrogen-bond acceptors (Lipinski definition) is 5. The summed E-state index contributed by atoms with van der Waals surface area (Å²) in [5.41, 5.74) is 3.91. The van der Waals surface area contributed by atoms with E-state index in [0.717, 1.165) is 48.4 Å². The van der Waals surface area contributed by atoms with E-state index in [0.29, 0.717) is 11.2 Å². The highest BCUT2D eigenvalue weighted by Crippen LogP contribution is 2.31. The highest BCUT2D eigenvalue weighted by molar-refractivity contribution is 7.98. The van der Waals surface area contributed by atoms with Gasteiger partial charge in [-0.2, -0.15) is 0 Å². The minimum absolute atomic E-state index is 0.0467. The number of hydrogen-bond donors (Lipinski definition) is 1. The molecule has 0 radical (unpaired) electrons. The number of likely N-dealkylation sites (tertiary alicyclic amines) is 1. The molecule has 1 aromatic carbocycles. The van der Waals surface area contributed by atoms with Crippen molar-refractivity contribution in [2.75, 3.05) is 24.7 Å². The zero-order valence-corrected chi connectivity index (χ0v) is 17.8. The monoisotopic (exact) mass is 406 g/mol. The van der Waals surface area contributed by atoms with Gasteiger partial charge in [-0.3, -0.25) is 4.79 Å². The Bertz CT molecular complexity index is 1030. The zero-order valence-electron chi connectivity index (χ0n) is 16.9. The molecule has 4 rings (SSSR count). The fraction of sp³-hybridized carbons (Fsp3) is 0.348. The summed E-state index contributed by atoms with van der Waals surface area (Å²) >= 11 is 1.69. The topological polar surface area (TPSA) is 58.1 Å². The fourth-order valence-electron chi connectivity index (χ4n) is 3.76. The van der Waals surface area contributed by atoms with Crippen molar-refractivity contribution in [2.24, 2.45) is 0 Å². The third-order valence-electron chi connectivity index (χ3n) is 5.33. The summed E-state index contributed by atoms with van der Waals surface area (Å²) in [6, 6.07) is 12.2. The van der Waals surface area contributed by atoms with Crippen LogP contribution in [0.4, 0.5) is 11.4 Å². The highest BCUT2D eigenvalue weighted by Gasteiger charge is 2.22. The molecule has 150 valence electrons. The summed E-state index contributed by atoms with van der Waals surface area (Å²) in [5.74, 6) is 0.0467. The van der Waals surface area contributed by atoms with E-state index in [1.165, 1.54) is 17.7 Å². The lowest BCUT2D eigenvalue weighted by Crippen LogP contribution is -2.32. The molecule has 3 heterocycles. The van der Waals surface area contributed by atoms with E-state index in [9.17, 15) is 4.79 Å². The average Bonchev–Trinajstić information content (AvgIpc) is 3.03. The lowest BCUT2D eigenvalue weighted by Gasteiger charge is -2.22. The van der Waals surface area contributed by atoms with Crippen molar-refractivity contribution >= 4 is 40.1 Å².